The Kier molecular flexibility index (Phi) is 6.40. The first-order valence-corrected chi connectivity index (χ1v) is 9.96. The van der Waals surface area contributed by atoms with Crippen LogP contribution in [0.15, 0.2) is 48.5 Å². The second-order valence-electron chi connectivity index (χ2n) is 6.56. The van der Waals surface area contributed by atoms with E-state index in [1.807, 2.05) is 35.6 Å². The fourth-order valence-electron chi connectivity index (χ4n) is 2.53. The lowest BCUT2D eigenvalue weighted by Gasteiger charge is -2.14. The molecule has 0 radical (unpaired) electrons. The fourth-order valence-corrected chi connectivity index (χ4v) is 2.53. The zero-order valence-electron chi connectivity index (χ0n) is 27.9. The molecular formula is C25H37NO4. The monoisotopic (exact) mass is 426 g/mol. The van der Waals surface area contributed by atoms with Crippen molar-refractivity contribution in [2.24, 2.45) is 0 Å². The number of benzene rings is 2. The summed E-state index contributed by atoms with van der Waals surface area (Å²) in [6.45, 7) is -10.8. The van der Waals surface area contributed by atoms with Crippen molar-refractivity contribution < 1.29 is 35.1 Å². The molecule has 0 aliphatic rings. The number of aromatic hydroxyl groups is 1. The molecule has 5 nitrogen and oxygen atoms in total. The Morgan fingerprint density at radius 2 is 1.73 bits per heavy atom. The third-order valence-corrected chi connectivity index (χ3v) is 4.18. The van der Waals surface area contributed by atoms with Crippen LogP contribution < -0.4 is 5.32 Å². The number of rotatable bonds is 16. The van der Waals surface area contributed by atoms with E-state index in [4.69, 9.17) is 19.8 Å². The number of unbranched alkanes of at least 4 members (excludes halogenated alkanes) is 1. The zero-order chi connectivity index (χ0) is 31.2. The molecule has 0 aliphatic heterocycles. The van der Waals surface area contributed by atoms with Gasteiger partial charge in [0.05, 0.1) is 22.3 Å². The molecule has 0 heterocycles. The summed E-state index contributed by atoms with van der Waals surface area (Å²) < 4.78 is 93.5. The Labute approximate surface area is 196 Å². The maximum absolute atomic E-state index is 10.6. The number of aliphatic hydroxyl groups excluding tert-OH is 2. The summed E-state index contributed by atoms with van der Waals surface area (Å²) in [5, 5.41) is 31.9. The molecular weight excluding hydrogens is 378 g/mol. The van der Waals surface area contributed by atoms with Crippen LogP contribution in [0.5, 0.6) is 5.75 Å². The molecule has 0 bridgehead atoms. The normalized spacial score (nSPS) is 19.5. The van der Waals surface area contributed by atoms with Crippen LogP contribution in [-0.4, -0.2) is 41.4 Å². The van der Waals surface area contributed by atoms with Gasteiger partial charge in [0.25, 0.3) is 0 Å². The molecule has 30 heavy (non-hydrogen) atoms. The van der Waals surface area contributed by atoms with E-state index < -0.39 is 73.8 Å². The Hall–Kier alpha value is -1.92. The van der Waals surface area contributed by atoms with E-state index in [0.29, 0.717) is 12.8 Å². The minimum atomic E-state index is -2.95. The number of aryl methyl sites for hydroxylation is 1. The molecule has 1 unspecified atom stereocenters. The highest BCUT2D eigenvalue weighted by Crippen LogP contribution is 2.22. The number of hydrogen-bond acceptors (Lipinski definition) is 5. The van der Waals surface area contributed by atoms with Crippen molar-refractivity contribution in [1.29, 1.82) is 0 Å². The summed E-state index contributed by atoms with van der Waals surface area (Å²) in [6.07, 6.45) is -1.72. The molecule has 4 N–H and O–H groups in total. The number of nitrogens with one attached hydrogen (secondary N) is 1. The largest absolute Gasteiger partial charge is 0.508 e. The van der Waals surface area contributed by atoms with Gasteiger partial charge in [-0.05, 0) is 61.8 Å². The highest BCUT2D eigenvalue weighted by Gasteiger charge is 2.09. The smallest absolute Gasteiger partial charge is 0.121 e. The second-order valence-corrected chi connectivity index (χ2v) is 6.56. The maximum Gasteiger partial charge on any atom is 0.121 e. The van der Waals surface area contributed by atoms with Crippen LogP contribution in [0.4, 0.5) is 0 Å². The molecule has 0 fully saturated rings. The predicted octanol–water partition coefficient (Wildman–Crippen LogP) is 4.11. The van der Waals surface area contributed by atoms with E-state index >= 15 is 0 Å². The number of ether oxygens (including phenoxy) is 1. The van der Waals surface area contributed by atoms with Crippen molar-refractivity contribution in [3.63, 3.8) is 0 Å². The Balaban J connectivity index is 1.92. The molecule has 0 amide bonds. The molecule has 0 saturated heterocycles. The van der Waals surface area contributed by atoms with Gasteiger partial charge in [-0.2, -0.15) is 0 Å². The summed E-state index contributed by atoms with van der Waals surface area (Å²) in [5.74, 6) is -0.841. The molecule has 0 aromatic heterocycles. The van der Waals surface area contributed by atoms with Gasteiger partial charge in [-0.15, -0.1) is 0 Å². The van der Waals surface area contributed by atoms with E-state index in [0.717, 1.165) is 5.56 Å². The first-order chi connectivity index (χ1) is 18.8. The molecule has 1 atom stereocenters. The highest BCUT2D eigenvalue weighted by atomic mass is 16.5. The van der Waals surface area contributed by atoms with Gasteiger partial charge in [-0.25, -0.2) is 0 Å². The van der Waals surface area contributed by atoms with E-state index in [9.17, 15) is 15.3 Å². The zero-order valence-corrected chi connectivity index (χ0v) is 16.9. The third-order valence-electron chi connectivity index (χ3n) is 4.18. The van der Waals surface area contributed by atoms with E-state index in [-0.39, 0.29) is 32.1 Å². The van der Waals surface area contributed by atoms with Gasteiger partial charge in [0, 0.05) is 30.7 Å². The van der Waals surface area contributed by atoms with E-state index in [1.54, 1.807) is 0 Å². The van der Waals surface area contributed by atoms with Gasteiger partial charge in [-0.3, -0.25) is 0 Å². The van der Waals surface area contributed by atoms with Crippen molar-refractivity contribution in [2.45, 2.75) is 57.7 Å². The lowest BCUT2D eigenvalue weighted by atomic mass is 10.1. The Morgan fingerprint density at radius 3 is 2.50 bits per heavy atom. The summed E-state index contributed by atoms with van der Waals surface area (Å²) in [5.41, 5.74) is -0.144. The van der Waals surface area contributed by atoms with Crippen LogP contribution in [0.1, 0.15) is 76.4 Å². The summed E-state index contributed by atoms with van der Waals surface area (Å²) in [6, 6.07) is 7.07. The van der Waals surface area contributed by atoms with Gasteiger partial charge in [-0.1, -0.05) is 49.2 Å². The molecule has 166 valence electrons. The Bertz CT molecular complexity index is 1150. The van der Waals surface area contributed by atoms with Crippen molar-refractivity contribution in [1.82, 2.24) is 5.32 Å². The van der Waals surface area contributed by atoms with Crippen LogP contribution in [0.3, 0.4) is 0 Å². The predicted molar refractivity (Wildman–Crippen MR) is 121 cm³/mol. The quantitative estimate of drug-likeness (QED) is 0.304. The third kappa shape index (κ3) is 9.72. The molecule has 0 spiro atoms. The second kappa shape index (κ2) is 15.0. The molecule has 2 aromatic carbocycles. The molecule has 0 aliphatic carbocycles. The van der Waals surface area contributed by atoms with Crippen molar-refractivity contribution in [3.05, 3.63) is 65.1 Å². The van der Waals surface area contributed by atoms with Crippen molar-refractivity contribution in [2.75, 3.05) is 26.1 Å². The van der Waals surface area contributed by atoms with E-state index in [2.05, 4.69) is 0 Å². The highest BCUT2D eigenvalue weighted by molar-refractivity contribution is 5.36. The molecule has 5 heteroatoms. The van der Waals surface area contributed by atoms with Gasteiger partial charge in [0.15, 0.2) is 0 Å². The molecule has 0 saturated carbocycles. The standard InChI is InChI=1S/C25H37NO4/c27-20-23-18-22(13-14-24(23)28)25(29)19-26-15-7-1-2-8-16-30-17-9-6-12-21-10-4-3-5-11-21/h3-5,10-11,13-14,18,25-29H,1-2,6-9,12,15-17,19-20H2/i13D,14D,15D2,16D2,17D2,18D,19D2. The van der Waals surface area contributed by atoms with Crippen molar-refractivity contribution in [3.8, 4) is 5.75 Å². The molecule has 2 aromatic rings. The van der Waals surface area contributed by atoms with Crippen LogP contribution >= 0.6 is 0 Å². The summed E-state index contributed by atoms with van der Waals surface area (Å²) in [4.78, 5) is 0. The fraction of sp³-hybridized carbons (Fsp3) is 0.520. The SMILES string of the molecule is [2H]c1c([2H])c(C(O)C([2H])([2H])NC([2H])([2H])CCCCC([2H])([2H])OC([2H])([2H])CCCc2ccccc2)c([2H])c(CO)c1O. The first-order valence-electron chi connectivity index (χ1n) is 15.5. The lowest BCUT2D eigenvalue weighted by molar-refractivity contribution is 0.126. The minimum absolute atomic E-state index is 0.0199. The average molecular weight is 427 g/mol. The average Bonchev–Trinajstić information content (AvgIpc) is 2.85. The van der Waals surface area contributed by atoms with Crippen LogP contribution in [-0.2, 0) is 17.8 Å². The minimum Gasteiger partial charge on any atom is -0.508 e. The van der Waals surface area contributed by atoms with Gasteiger partial charge < -0.3 is 25.4 Å². The van der Waals surface area contributed by atoms with Gasteiger partial charge >= 0.3 is 0 Å². The summed E-state index contributed by atoms with van der Waals surface area (Å²) in [7, 11) is 0. The van der Waals surface area contributed by atoms with Crippen LogP contribution in [0.25, 0.3) is 0 Å². The molecule has 2 rings (SSSR count). The van der Waals surface area contributed by atoms with Crippen LogP contribution in [0.2, 0.25) is 0 Å². The number of phenols is 1. The van der Waals surface area contributed by atoms with E-state index in [1.165, 1.54) is 0 Å². The topological polar surface area (TPSA) is 82.0 Å². The Morgan fingerprint density at radius 1 is 1.00 bits per heavy atom. The van der Waals surface area contributed by atoms with Crippen molar-refractivity contribution >= 4 is 0 Å². The van der Waals surface area contributed by atoms with Gasteiger partial charge in [0.1, 0.15) is 5.75 Å². The summed E-state index contributed by atoms with van der Waals surface area (Å²) >= 11 is 0. The maximum atomic E-state index is 10.6. The first kappa shape index (κ1) is 12.8. The van der Waals surface area contributed by atoms with Gasteiger partial charge in [0.2, 0.25) is 0 Å². The number of hydrogen-bond donors (Lipinski definition) is 4. The number of aliphatic hydroxyl groups is 2. The lowest BCUT2D eigenvalue weighted by Crippen LogP contribution is -2.22. The van der Waals surface area contributed by atoms with Crippen LogP contribution in [0, 0.1) is 0 Å².